The Morgan fingerprint density at radius 1 is 1.46 bits per heavy atom. The van der Waals surface area contributed by atoms with Crippen LogP contribution in [0.5, 0.6) is 0 Å². The van der Waals surface area contributed by atoms with Crippen molar-refractivity contribution in [3.05, 3.63) is 33.5 Å². The Bertz CT molecular complexity index is 771. The first kappa shape index (κ1) is 20.9. The predicted molar refractivity (Wildman–Crippen MR) is 109 cm³/mol. The van der Waals surface area contributed by atoms with Crippen molar-refractivity contribution in [1.82, 2.24) is 19.8 Å². The van der Waals surface area contributed by atoms with E-state index in [4.69, 9.17) is 4.74 Å². The smallest absolute Gasteiger partial charge is 0.276 e. The van der Waals surface area contributed by atoms with E-state index in [9.17, 15) is 9.59 Å². The topological polar surface area (TPSA) is 84.4 Å². The normalized spacial score (nSPS) is 18.0. The minimum absolute atomic E-state index is 0.0787. The van der Waals surface area contributed by atoms with Crippen molar-refractivity contribution in [1.29, 1.82) is 0 Å². The first-order chi connectivity index (χ1) is 13.4. The average molecular weight is 423 g/mol. The van der Waals surface area contributed by atoms with Crippen LogP contribution in [0.1, 0.15) is 61.4 Å². The van der Waals surface area contributed by atoms with Crippen LogP contribution in [0.2, 0.25) is 0 Å². The lowest BCUT2D eigenvalue weighted by atomic mass is 10.0. The van der Waals surface area contributed by atoms with Gasteiger partial charge in [0, 0.05) is 28.9 Å². The van der Waals surface area contributed by atoms with Crippen LogP contribution in [0.4, 0.5) is 0 Å². The molecule has 3 heterocycles. The molecule has 0 spiro atoms. The minimum Gasteiger partial charge on any atom is -0.376 e. The summed E-state index contributed by atoms with van der Waals surface area (Å²) >= 11 is 2.59. The van der Waals surface area contributed by atoms with Crippen molar-refractivity contribution in [2.75, 3.05) is 13.2 Å². The van der Waals surface area contributed by atoms with Crippen molar-refractivity contribution in [2.45, 2.75) is 57.7 Å². The molecule has 2 aromatic heterocycles. The highest BCUT2D eigenvalue weighted by Crippen LogP contribution is 2.29. The highest BCUT2D eigenvalue weighted by atomic mass is 32.1. The summed E-state index contributed by atoms with van der Waals surface area (Å²) in [6.45, 7) is 7.01. The molecule has 1 aliphatic heterocycles. The molecule has 0 aromatic carbocycles. The van der Waals surface area contributed by atoms with E-state index in [0.717, 1.165) is 35.7 Å². The summed E-state index contributed by atoms with van der Waals surface area (Å²) < 4.78 is 9.58. The summed E-state index contributed by atoms with van der Waals surface area (Å²) in [6.07, 6.45) is 2.54. The molecule has 1 saturated heterocycles. The molecule has 2 aromatic rings. The minimum atomic E-state index is -0.732. The van der Waals surface area contributed by atoms with E-state index in [1.807, 2.05) is 38.3 Å². The van der Waals surface area contributed by atoms with Gasteiger partial charge in [-0.25, -0.2) is 0 Å². The zero-order valence-corrected chi connectivity index (χ0v) is 18.0. The van der Waals surface area contributed by atoms with Crippen LogP contribution in [-0.4, -0.2) is 51.1 Å². The van der Waals surface area contributed by atoms with Gasteiger partial charge < -0.3 is 15.0 Å². The van der Waals surface area contributed by atoms with Crippen LogP contribution in [-0.2, 0) is 9.53 Å². The molecule has 1 aliphatic rings. The fourth-order valence-electron chi connectivity index (χ4n) is 3.08. The van der Waals surface area contributed by atoms with E-state index in [1.165, 1.54) is 11.3 Å². The maximum Gasteiger partial charge on any atom is 0.276 e. The van der Waals surface area contributed by atoms with Gasteiger partial charge in [0.25, 0.3) is 5.91 Å². The third-order valence-corrected chi connectivity index (χ3v) is 6.41. The molecular weight excluding hydrogens is 396 g/mol. The Morgan fingerprint density at radius 2 is 2.29 bits per heavy atom. The van der Waals surface area contributed by atoms with Crippen LogP contribution >= 0.6 is 22.9 Å². The van der Waals surface area contributed by atoms with Gasteiger partial charge in [0.15, 0.2) is 5.69 Å². The van der Waals surface area contributed by atoms with Gasteiger partial charge in [-0.3, -0.25) is 9.59 Å². The fraction of sp³-hybridized carbons (Fsp3) is 0.579. The maximum absolute atomic E-state index is 13.3. The van der Waals surface area contributed by atoms with E-state index < -0.39 is 6.04 Å². The molecular formula is C19H26N4O3S2. The van der Waals surface area contributed by atoms with Gasteiger partial charge in [-0.15, -0.1) is 16.4 Å². The molecule has 9 heteroatoms. The molecule has 152 valence electrons. The lowest BCUT2D eigenvalue weighted by Gasteiger charge is -2.34. The van der Waals surface area contributed by atoms with Gasteiger partial charge in [0.2, 0.25) is 5.91 Å². The van der Waals surface area contributed by atoms with Gasteiger partial charge in [-0.05, 0) is 56.1 Å². The van der Waals surface area contributed by atoms with Gasteiger partial charge in [0.05, 0.1) is 6.10 Å². The summed E-state index contributed by atoms with van der Waals surface area (Å²) in [6, 6.07) is 3.05. The van der Waals surface area contributed by atoms with Crippen molar-refractivity contribution in [2.24, 2.45) is 0 Å². The molecule has 0 saturated carbocycles. The molecule has 2 amide bonds. The Morgan fingerprint density at radius 3 is 2.86 bits per heavy atom. The fourth-order valence-corrected chi connectivity index (χ4v) is 4.34. The molecule has 2 atom stereocenters. The Kier molecular flexibility index (Phi) is 6.79. The lowest BCUT2D eigenvalue weighted by Crippen LogP contribution is -2.51. The van der Waals surface area contributed by atoms with Crippen LogP contribution in [0.25, 0.3) is 0 Å². The van der Waals surface area contributed by atoms with Crippen LogP contribution in [0.15, 0.2) is 22.9 Å². The molecule has 2 unspecified atom stereocenters. The Labute approximate surface area is 173 Å². The second kappa shape index (κ2) is 9.11. The summed E-state index contributed by atoms with van der Waals surface area (Å²) in [5, 5.41) is 10.6. The monoisotopic (exact) mass is 422 g/mol. The molecule has 0 radical (unpaired) electrons. The number of thiophene rings is 1. The number of nitrogens with zero attached hydrogens (tertiary/aromatic N) is 3. The summed E-state index contributed by atoms with van der Waals surface area (Å²) in [4.78, 5) is 29.0. The van der Waals surface area contributed by atoms with Crippen LogP contribution in [0.3, 0.4) is 0 Å². The van der Waals surface area contributed by atoms with E-state index in [1.54, 1.807) is 10.3 Å². The first-order valence-corrected chi connectivity index (χ1v) is 11.2. The zero-order chi connectivity index (χ0) is 20.1. The molecule has 1 fully saturated rings. The predicted octanol–water partition coefficient (Wildman–Crippen LogP) is 3.27. The quantitative estimate of drug-likeness (QED) is 0.706. The van der Waals surface area contributed by atoms with Crippen LogP contribution < -0.4 is 5.32 Å². The molecule has 28 heavy (non-hydrogen) atoms. The first-order valence-electron chi connectivity index (χ1n) is 9.46. The molecule has 0 bridgehead atoms. The van der Waals surface area contributed by atoms with E-state index >= 15 is 0 Å². The molecule has 1 N–H and O–H groups in total. The second-order valence-corrected chi connectivity index (χ2v) is 9.12. The van der Waals surface area contributed by atoms with E-state index in [-0.39, 0.29) is 29.2 Å². The number of carbonyl (C=O) groups excluding carboxylic acids is 2. The highest BCUT2D eigenvalue weighted by molar-refractivity contribution is 7.10. The Hall–Kier alpha value is -1.84. The van der Waals surface area contributed by atoms with Gasteiger partial charge in [0.1, 0.15) is 6.04 Å². The standard InChI is InChI=1S/C19H26N4O3S2/c1-4-19(2,3)20-17(24)16(15-8-6-10-27-15)23(11-13-7-5-9-26-13)18(25)14-12-28-22-21-14/h6,8,10,12-13,16H,4-5,7,9,11H2,1-3H3,(H,20,24). The largest absolute Gasteiger partial charge is 0.376 e. The number of rotatable bonds is 8. The molecule has 3 rings (SSSR count). The zero-order valence-electron chi connectivity index (χ0n) is 16.4. The third-order valence-electron chi connectivity index (χ3n) is 4.98. The van der Waals surface area contributed by atoms with Gasteiger partial charge in [-0.1, -0.05) is 17.5 Å². The molecule has 7 nitrogen and oxygen atoms in total. The second-order valence-electron chi connectivity index (χ2n) is 7.53. The lowest BCUT2D eigenvalue weighted by molar-refractivity contribution is -0.128. The van der Waals surface area contributed by atoms with E-state index in [0.29, 0.717) is 13.2 Å². The third kappa shape index (κ3) is 4.95. The SMILES string of the molecule is CCC(C)(C)NC(=O)C(c1cccs1)N(CC1CCCO1)C(=O)c1csnn1. The number of hydrogen-bond donors (Lipinski definition) is 1. The average Bonchev–Trinajstić information content (AvgIpc) is 3.42. The number of nitrogens with one attached hydrogen (secondary N) is 1. The van der Waals surface area contributed by atoms with Gasteiger partial charge in [-0.2, -0.15) is 0 Å². The van der Waals surface area contributed by atoms with Gasteiger partial charge >= 0.3 is 0 Å². The van der Waals surface area contributed by atoms with Crippen molar-refractivity contribution < 1.29 is 14.3 Å². The maximum atomic E-state index is 13.3. The summed E-state index contributed by atoms with van der Waals surface area (Å²) in [5.41, 5.74) is -0.111. The van der Waals surface area contributed by atoms with Crippen molar-refractivity contribution >= 4 is 34.7 Å². The van der Waals surface area contributed by atoms with Crippen molar-refractivity contribution in [3.63, 3.8) is 0 Å². The van der Waals surface area contributed by atoms with E-state index in [2.05, 4.69) is 14.9 Å². The Balaban J connectivity index is 1.95. The summed E-state index contributed by atoms with van der Waals surface area (Å²) in [7, 11) is 0. The summed E-state index contributed by atoms with van der Waals surface area (Å²) in [5.74, 6) is -0.490. The number of amides is 2. The molecule has 0 aliphatic carbocycles. The van der Waals surface area contributed by atoms with Crippen molar-refractivity contribution in [3.8, 4) is 0 Å². The van der Waals surface area contributed by atoms with Crippen LogP contribution in [0, 0.1) is 0 Å². The highest BCUT2D eigenvalue weighted by Gasteiger charge is 2.37. The number of hydrogen-bond acceptors (Lipinski definition) is 7. The number of ether oxygens (including phenoxy) is 1. The number of carbonyl (C=O) groups is 2. The number of aromatic nitrogens is 2.